The van der Waals surface area contributed by atoms with Crippen molar-refractivity contribution < 1.29 is 23.1 Å². The molecule has 0 aliphatic carbocycles. The Hall–Kier alpha value is -1.48. The van der Waals surface area contributed by atoms with Crippen LogP contribution in [0.2, 0.25) is 0 Å². The van der Waals surface area contributed by atoms with Crippen molar-refractivity contribution in [1.82, 2.24) is 9.62 Å². The summed E-state index contributed by atoms with van der Waals surface area (Å²) in [5.41, 5.74) is -0.0693. The Morgan fingerprint density at radius 1 is 1.33 bits per heavy atom. The molecule has 0 aliphatic heterocycles. The van der Waals surface area contributed by atoms with Crippen LogP contribution < -0.4 is 4.72 Å². The minimum atomic E-state index is -3.72. The topological polar surface area (TPSA) is 95.9 Å². The lowest BCUT2D eigenvalue weighted by molar-refractivity contribution is 0.0696. The van der Waals surface area contributed by atoms with Crippen LogP contribution in [0.1, 0.15) is 10.4 Å². The molecule has 0 aromatic heterocycles. The average Bonchev–Trinajstić information content (AvgIpc) is 2.42. The van der Waals surface area contributed by atoms with Crippen LogP contribution in [0.25, 0.3) is 0 Å². The van der Waals surface area contributed by atoms with Crippen LogP contribution in [0.3, 0.4) is 0 Å². The summed E-state index contributed by atoms with van der Waals surface area (Å²) < 4.78 is 31.6. The summed E-state index contributed by atoms with van der Waals surface area (Å²) in [6.45, 7) is 1.66. The Labute approximate surface area is 124 Å². The number of likely N-dealkylation sites (N-methyl/N-ethyl adjacent to an activating group) is 1. The normalized spacial score (nSPS) is 11.8. The first-order valence-corrected chi connectivity index (χ1v) is 7.87. The van der Waals surface area contributed by atoms with E-state index in [9.17, 15) is 13.2 Å². The van der Waals surface area contributed by atoms with Gasteiger partial charge >= 0.3 is 5.97 Å². The van der Waals surface area contributed by atoms with Crippen molar-refractivity contribution in [3.05, 3.63) is 29.8 Å². The van der Waals surface area contributed by atoms with Gasteiger partial charge in [-0.3, -0.25) is 0 Å². The molecule has 21 heavy (non-hydrogen) atoms. The summed E-state index contributed by atoms with van der Waals surface area (Å²) in [4.78, 5) is 12.7. The molecule has 1 rings (SSSR count). The Bertz CT molecular complexity index is 572. The standard InChI is InChI=1S/C13H20N2O5S/c1-15(2)7-9-20-8-6-14-21(18,19)12-5-3-4-11(10-12)13(16)17/h3-5,10,14H,6-9H2,1-2H3,(H,16,17). The number of benzene rings is 1. The van der Waals surface area contributed by atoms with E-state index in [0.717, 1.165) is 12.6 Å². The zero-order chi connectivity index (χ0) is 15.9. The molecule has 0 bridgehead atoms. The minimum absolute atomic E-state index is 0.0693. The molecule has 0 aliphatic rings. The van der Waals surface area contributed by atoms with E-state index in [4.69, 9.17) is 9.84 Å². The maximum absolute atomic E-state index is 12.0. The lowest BCUT2D eigenvalue weighted by Crippen LogP contribution is -2.28. The number of sulfonamides is 1. The van der Waals surface area contributed by atoms with E-state index in [-0.39, 0.29) is 23.6 Å². The number of carboxylic acids is 1. The van der Waals surface area contributed by atoms with E-state index in [0.29, 0.717) is 6.61 Å². The smallest absolute Gasteiger partial charge is 0.335 e. The van der Waals surface area contributed by atoms with Gasteiger partial charge in [0, 0.05) is 13.1 Å². The molecule has 0 spiro atoms. The molecule has 1 aromatic carbocycles. The van der Waals surface area contributed by atoms with E-state index < -0.39 is 16.0 Å². The largest absolute Gasteiger partial charge is 0.478 e. The van der Waals surface area contributed by atoms with Crippen molar-refractivity contribution >= 4 is 16.0 Å². The molecule has 2 N–H and O–H groups in total. The van der Waals surface area contributed by atoms with Gasteiger partial charge in [-0.05, 0) is 32.3 Å². The van der Waals surface area contributed by atoms with Crippen LogP contribution >= 0.6 is 0 Å². The molecule has 118 valence electrons. The average molecular weight is 316 g/mol. The molecule has 0 amide bonds. The number of hydrogen-bond donors (Lipinski definition) is 2. The second-order valence-corrected chi connectivity index (χ2v) is 6.41. The van der Waals surface area contributed by atoms with Crippen molar-refractivity contribution in [1.29, 1.82) is 0 Å². The summed E-state index contributed by atoms with van der Waals surface area (Å²) in [5, 5.41) is 8.85. The monoisotopic (exact) mass is 316 g/mol. The summed E-state index contributed by atoms with van der Waals surface area (Å²) in [6, 6.07) is 5.20. The second kappa shape index (κ2) is 8.08. The Morgan fingerprint density at radius 3 is 2.67 bits per heavy atom. The van der Waals surface area contributed by atoms with Crippen LogP contribution in [0.4, 0.5) is 0 Å². The molecule has 1 aromatic rings. The zero-order valence-electron chi connectivity index (χ0n) is 12.1. The fourth-order valence-electron chi connectivity index (χ4n) is 1.48. The molecule has 0 heterocycles. The Balaban J connectivity index is 2.50. The number of carbonyl (C=O) groups is 1. The molecule has 0 unspecified atom stereocenters. The van der Waals surface area contributed by atoms with Gasteiger partial charge in [0.15, 0.2) is 0 Å². The van der Waals surface area contributed by atoms with Gasteiger partial charge in [-0.1, -0.05) is 6.07 Å². The number of rotatable bonds is 9. The van der Waals surface area contributed by atoms with E-state index in [1.807, 2.05) is 19.0 Å². The summed E-state index contributed by atoms with van der Waals surface area (Å²) in [5.74, 6) is -1.17. The van der Waals surface area contributed by atoms with Crippen molar-refractivity contribution in [2.45, 2.75) is 4.90 Å². The van der Waals surface area contributed by atoms with Gasteiger partial charge in [-0.15, -0.1) is 0 Å². The van der Waals surface area contributed by atoms with Gasteiger partial charge in [0.2, 0.25) is 10.0 Å². The fraction of sp³-hybridized carbons (Fsp3) is 0.462. The van der Waals surface area contributed by atoms with Crippen molar-refractivity contribution in [2.75, 3.05) is 40.4 Å². The number of hydrogen-bond acceptors (Lipinski definition) is 5. The maximum Gasteiger partial charge on any atom is 0.335 e. The van der Waals surface area contributed by atoms with Crippen LogP contribution in [-0.4, -0.2) is 64.8 Å². The molecule has 8 heteroatoms. The number of aromatic carboxylic acids is 1. The summed E-state index contributed by atoms with van der Waals surface area (Å²) in [7, 11) is 0.113. The molecule has 0 saturated heterocycles. The molecule has 0 atom stereocenters. The van der Waals surface area contributed by atoms with Crippen molar-refractivity contribution in [3.8, 4) is 0 Å². The highest BCUT2D eigenvalue weighted by atomic mass is 32.2. The predicted molar refractivity (Wildman–Crippen MR) is 78.0 cm³/mol. The third-order valence-electron chi connectivity index (χ3n) is 2.61. The van der Waals surface area contributed by atoms with Crippen LogP contribution in [0.5, 0.6) is 0 Å². The van der Waals surface area contributed by atoms with Crippen molar-refractivity contribution in [2.24, 2.45) is 0 Å². The Kier molecular flexibility index (Phi) is 6.76. The van der Waals surface area contributed by atoms with Gasteiger partial charge < -0.3 is 14.7 Å². The fourth-order valence-corrected chi connectivity index (χ4v) is 2.54. The number of nitrogens with zero attached hydrogens (tertiary/aromatic N) is 1. The second-order valence-electron chi connectivity index (χ2n) is 4.65. The van der Waals surface area contributed by atoms with Gasteiger partial charge in [0.1, 0.15) is 0 Å². The molecule has 0 radical (unpaired) electrons. The van der Waals surface area contributed by atoms with E-state index in [1.165, 1.54) is 18.2 Å². The number of nitrogens with one attached hydrogen (secondary N) is 1. The van der Waals surface area contributed by atoms with Gasteiger partial charge in [-0.25, -0.2) is 17.9 Å². The number of ether oxygens (including phenoxy) is 1. The van der Waals surface area contributed by atoms with E-state index >= 15 is 0 Å². The van der Waals surface area contributed by atoms with Gasteiger partial charge in [0.25, 0.3) is 0 Å². The van der Waals surface area contributed by atoms with Gasteiger partial charge in [-0.2, -0.15) is 0 Å². The molecular formula is C13H20N2O5S. The molecule has 0 fully saturated rings. The molecule has 0 saturated carbocycles. The first-order valence-electron chi connectivity index (χ1n) is 6.38. The number of carboxylic acid groups (broad SMARTS) is 1. The first kappa shape index (κ1) is 17.6. The zero-order valence-corrected chi connectivity index (χ0v) is 12.9. The minimum Gasteiger partial charge on any atom is -0.478 e. The van der Waals surface area contributed by atoms with E-state index in [2.05, 4.69) is 4.72 Å². The summed E-state index contributed by atoms with van der Waals surface area (Å²) >= 11 is 0. The predicted octanol–water partition coefficient (Wildman–Crippen LogP) is 0.241. The van der Waals surface area contributed by atoms with Crippen molar-refractivity contribution in [3.63, 3.8) is 0 Å². The lowest BCUT2D eigenvalue weighted by atomic mass is 10.2. The first-order chi connectivity index (χ1) is 9.83. The SMILES string of the molecule is CN(C)CCOCCNS(=O)(=O)c1cccc(C(=O)O)c1. The summed E-state index contributed by atoms with van der Waals surface area (Å²) in [6.07, 6.45) is 0. The molecule has 7 nitrogen and oxygen atoms in total. The maximum atomic E-state index is 12.0. The van der Waals surface area contributed by atoms with Crippen LogP contribution in [0, 0.1) is 0 Å². The highest BCUT2D eigenvalue weighted by Crippen LogP contribution is 2.11. The third kappa shape index (κ3) is 6.21. The Morgan fingerprint density at radius 2 is 2.05 bits per heavy atom. The van der Waals surface area contributed by atoms with Crippen LogP contribution in [0.15, 0.2) is 29.2 Å². The third-order valence-corrected chi connectivity index (χ3v) is 4.07. The molecular weight excluding hydrogens is 296 g/mol. The lowest BCUT2D eigenvalue weighted by Gasteiger charge is -2.10. The van der Waals surface area contributed by atoms with Crippen LogP contribution in [-0.2, 0) is 14.8 Å². The highest BCUT2D eigenvalue weighted by Gasteiger charge is 2.15. The quantitative estimate of drug-likeness (QED) is 0.634. The van der Waals surface area contributed by atoms with E-state index in [1.54, 1.807) is 0 Å². The van der Waals surface area contributed by atoms with Gasteiger partial charge in [0.05, 0.1) is 23.7 Å². The highest BCUT2D eigenvalue weighted by molar-refractivity contribution is 7.89.